The van der Waals surface area contributed by atoms with E-state index in [0.717, 1.165) is 40.4 Å². The maximum absolute atomic E-state index is 14.5. The van der Waals surface area contributed by atoms with Crippen LogP contribution in [-0.4, -0.2) is 77.3 Å². The van der Waals surface area contributed by atoms with Crippen LogP contribution in [0, 0.1) is 20.8 Å². The average Bonchev–Trinajstić information content (AvgIpc) is 3.99. The smallest absolute Gasteiger partial charge is 0.327 e. The summed E-state index contributed by atoms with van der Waals surface area (Å²) in [4.78, 5) is 47.6. The summed E-state index contributed by atoms with van der Waals surface area (Å²) >= 11 is 2.27. The first-order valence-electron chi connectivity index (χ1n) is 15.8. The number of halogens is 1. The summed E-state index contributed by atoms with van der Waals surface area (Å²) in [5.41, 5.74) is 0.870. The molecule has 3 aliphatic carbocycles. The molecule has 238 valence electrons. The molecule has 0 unspecified atom stereocenters. The molecule has 2 bridgehead atoms. The monoisotopic (exact) mass is 729 g/mol. The van der Waals surface area contributed by atoms with Crippen molar-refractivity contribution in [1.82, 2.24) is 15.7 Å². The van der Waals surface area contributed by atoms with Gasteiger partial charge in [0.15, 0.2) is 11.8 Å². The molecule has 0 aromatic heterocycles. The van der Waals surface area contributed by atoms with Crippen molar-refractivity contribution in [3.05, 3.63) is 68.8 Å². The first kappa shape index (κ1) is 29.8. The summed E-state index contributed by atoms with van der Waals surface area (Å²) in [5, 5.41) is 16.4. The molecule has 6 atom stereocenters. The van der Waals surface area contributed by atoms with Gasteiger partial charge in [0.2, 0.25) is 5.91 Å². The van der Waals surface area contributed by atoms with Gasteiger partial charge in [0.05, 0.1) is 13.2 Å². The Morgan fingerprint density at radius 2 is 1.76 bits per heavy atom. The Hall–Kier alpha value is -2.62. The summed E-state index contributed by atoms with van der Waals surface area (Å²) in [5.74, 6) is -1.21. The van der Waals surface area contributed by atoms with E-state index in [0.29, 0.717) is 23.9 Å². The van der Waals surface area contributed by atoms with Crippen LogP contribution in [0.4, 0.5) is 0 Å². The Morgan fingerprint density at radius 3 is 2.49 bits per heavy atom. The number of hydroxylamine groups is 2. The maximum atomic E-state index is 14.5. The van der Waals surface area contributed by atoms with E-state index in [1.807, 2.05) is 30.3 Å². The van der Waals surface area contributed by atoms with Crippen LogP contribution in [0.3, 0.4) is 0 Å². The van der Waals surface area contributed by atoms with Crippen molar-refractivity contribution < 1.29 is 38.5 Å². The lowest BCUT2D eigenvalue weighted by Gasteiger charge is -2.48. The Bertz CT molecular complexity index is 1520. The Balaban J connectivity index is 1.12. The Kier molecular flexibility index (Phi) is 7.45. The van der Waals surface area contributed by atoms with E-state index < -0.39 is 47.6 Å². The molecule has 0 spiro atoms. The molecule has 3 saturated carbocycles. The summed E-state index contributed by atoms with van der Waals surface area (Å²) in [6.07, 6.45) is 1.98. The lowest BCUT2D eigenvalue weighted by Crippen LogP contribution is -2.69. The lowest BCUT2D eigenvalue weighted by atomic mass is 9.62. The second-order valence-corrected chi connectivity index (χ2v) is 14.3. The number of benzene rings is 2. The third-order valence-electron chi connectivity index (χ3n) is 10.2. The molecule has 0 radical (unpaired) electrons. The predicted octanol–water partition coefficient (Wildman–Crippen LogP) is 2.43. The number of aliphatic hydroxyl groups excluding tert-OH is 1. The molecule has 6 aliphatic rings. The molecule has 6 fully saturated rings. The number of amides is 2. The zero-order chi connectivity index (χ0) is 30.9. The van der Waals surface area contributed by atoms with Gasteiger partial charge in [0, 0.05) is 40.5 Å². The minimum atomic E-state index is -1.26. The fraction of sp³-hybridized carbons (Fsp3) is 0.545. The van der Waals surface area contributed by atoms with E-state index >= 15 is 0 Å². The third-order valence-corrected chi connectivity index (χ3v) is 11.3. The topological polar surface area (TPSA) is 136 Å². The van der Waals surface area contributed by atoms with Crippen LogP contribution in [0.5, 0.6) is 0 Å². The van der Waals surface area contributed by atoms with Crippen LogP contribution >= 0.6 is 22.6 Å². The zero-order valence-electron chi connectivity index (χ0n) is 24.7. The molecule has 3 saturated heterocycles. The van der Waals surface area contributed by atoms with Crippen LogP contribution in [0.2, 0.25) is 0 Å². The van der Waals surface area contributed by atoms with Gasteiger partial charge in [-0.25, -0.2) is 0 Å². The van der Waals surface area contributed by atoms with Crippen molar-refractivity contribution in [1.29, 1.82) is 0 Å². The van der Waals surface area contributed by atoms with Crippen LogP contribution in [0.1, 0.15) is 53.6 Å². The summed E-state index contributed by atoms with van der Waals surface area (Å²) in [7, 11) is 0. The first-order chi connectivity index (χ1) is 21.8. The molecule has 2 aromatic carbocycles. The summed E-state index contributed by atoms with van der Waals surface area (Å²) in [6, 6.07) is 13.9. The van der Waals surface area contributed by atoms with Gasteiger partial charge < -0.3 is 30.0 Å². The van der Waals surface area contributed by atoms with Crippen molar-refractivity contribution in [2.45, 2.75) is 81.4 Å². The van der Waals surface area contributed by atoms with E-state index in [-0.39, 0.29) is 37.9 Å². The quantitative estimate of drug-likeness (QED) is 0.249. The number of carbonyl (C=O) groups excluding carboxylic acids is 3. The summed E-state index contributed by atoms with van der Waals surface area (Å²) in [6.45, 7) is 0.445. The highest BCUT2D eigenvalue weighted by Crippen LogP contribution is 2.63. The maximum Gasteiger partial charge on any atom is 0.327 e. The summed E-state index contributed by atoms with van der Waals surface area (Å²) < 4.78 is 20.8. The van der Waals surface area contributed by atoms with E-state index in [4.69, 9.17) is 24.2 Å². The Morgan fingerprint density at radius 1 is 1.00 bits per heavy atom. The van der Waals surface area contributed by atoms with E-state index in [9.17, 15) is 14.4 Å². The highest BCUT2D eigenvalue weighted by molar-refractivity contribution is 14.1. The molecule has 12 heteroatoms. The van der Waals surface area contributed by atoms with Gasteiger partial charge in [-0.2, -0.15) is 5.06 Å². The SMILES string of the molecule is O=C(NCCO)c1cccc(CNC(=O)[C@@]23C[C@H]4OC(=O)[C@@H]2N(Cc2ccccc2I)O[C@@H]3[C@H]2OC(C3CC3)(C3CC3)O[C@H]24)c1. The predicted molar refractivity (Wildman–Crippen MR) is 166 cm³/mol. The van der Waals surface area contributed by atoms with Gasteiger partial charge >= 0.3 is 5.97 Å². The van der Waals surface area contributed by atoms with Crippen molar-refractivity contribution in [3.63, 3.8) is 0 Å². The second kappa shape index (κ2) is 11.3. The van der Waals surface area contributed by atoms with E-state index in [2.05, 4.69) is 33.2 Å². The molecular weight excluding hydrogens is 693 g/mol. The van der Waals surface area contributed by atoms with Crippen molar-refractivity contribution in [2.75, 3.05) is 13.2 Å². The number of aliphatic hydroxyl groups is 1. The molecule has 3 N–H and O–H groups in total. The standard InChI is InChI=1S/C33H36IN3O8/c34-23-7-2-1-5-20(23)17-37-27-30(40)42-24-15-32(27,31(41)36-16-18-4-3-6-19(14-18)29(39)35-12-13-38)28(45-37)26-25(24)43-33(44-26,21-8-9-21)22-10-11-22/h1-7,14,21-22,24-28,38H,8-13,15-17H2,(H,35,39)(H,36,41)/t24-,25+,26+,27+,28-,32+/m1/s1. The van der Waals surface area contributed by atoms with Gasteiger partial charge in [0.25, 0.3) is 5.91 Å². The molecule has 2 amide bonds. The largest absolute Gasteiger partial charge is 0.458 e. The molecule has 3 aliphatic heterocycles. The molecule has 3 heterocycles. The van der Waals surface area contributed by atoms with E-state index in [1.165, 1.54) is 0 Å². The van der Waals surface area contributed by atoms with Crippen LogP contribution in [0.15, 0.2) is 48.5 Å². The van der Waals surface area contributed by atoms with Gasteiger partial charge in [-0.15, -0.1) is 0 Å². The first-order valence-corrected chi connectivity index (χ1v) is 16.9. The van der Waals surface area contributed by atoms with E-state index in [1.54, 1.807) is 23.3 Å². The number of ether oxygens (including phenoxy) is 3. The fourth-order valence-electron chi connectivity index (χ4n) is 7.90. The average molecular weight is 730 g/mol. The number of nitrogens with zero attached hydrogens (tertiary/aromatic N) is 1. The van der Waals surface area contributed by atoms with Gasteiger partial charge in [-0.05, 0) is 77.6 Å². The van der Waals surface area contributed by atoms with Crippen LogP contribution in [-0.2, 0) is 41.7 Å². The minimum absolute atomic E-state index is 0.150. The minimum Gasteiger partial charge on any atom is -0.458 e. The number of fused-ring (bicyclic) bond motifs is 4. The molecule has 45 heavy (non-hydrogen) atoms. The van der Waals surface area contributed by atoms with Gasteiger partial charge in [-0.3, -0.25) is 19.2 Å². The zero-order valence-corrected chi connectivity index (χ0v) is 26.8. The van der Waals surface area contributed by atoms with Gasteiger partial charge in [-0.1, -0.05) is 30.3 Å². The highest BCUT2D eigenvalue weighted by Gasteiger charge is 2.78. The number of rotatable bonds is 10. The van der Waals surface area contributed by atoms with Crippen molar-refractivity contribution >= 4 is 40.4 Å². The van der Waals surface area contributed by atoms with Crippen LogP contribution in [0.25, 0.3) is 0 Å². The molecule has 2 aromatic rings. The second-order valence-electron chi connectivity index (χ2n) is 13.1. The number of esters is 1. The molecular formula is C33H36IN3O8. The number of nitrogens with one attached hydrogen (secondary N) is 2. The highest BCUT2D eigenvalue weighted by atomic mass is 127. The molecule has 11 nitrogen and oxygen atoms in total. The fourth-order valence-corrected chi connectivity index (χ4v) is 8.46. The normalized spacial score (nSPS) is 32.9. The van der Waals surface area contributed by atoms with Crippen LogP contribution < -0.4 is 10.6 Å². The van der Waals surface area contributed by atoms with Crippen molar-refractivity contribution in [2.24, 2.45) is 17.3 Å². The molecule has 8 rings (SSSR count). The number of carbonyl (C=O) groups is 3. The third kappa shape index (κ3) is 4.91. The number of hydrogen-bond acceptors (Lipinski definition) is 9. The van der Waals surface area contributed by atoms with Crippen molar-refractivity contribution in [3.8, 4) is 0 Å². The van der Waals surface area contributed by atoms with Gasteiger partial charge in [0.1, 0.15) is 29.8 Å². The lowest BCUT2D eigenvalue weighted by molar-refractivity contribution is -0.235. The Labute approximate surface area is 274 Å². The number of hydrogen-bond donors (Lipinski definition) is 3.